The minimum Gasteiger partial charge on any atom is -0.397 e. The number of rotatable bonds is 5. The molecule has 0 spiro atoms. The lowest BCUT2D eigenvalue weighted by Gasteiger charge is -2.07. The molecular formula is C11H16N4O. The molecule has 0 unspecified atom stereocenters. The molecule has 1 aliphatic carbocycles. The average molecular weight is 220 g/mol. The van der Waals surface area contributed by atoms with Gasteiger partial charge in [-0.15, -0.1) is 0 Å². The van der Waals surface area contributed by atoms with Gasteiger partial charge in [0.05, 0.1) is 17.4 Å². The van der Waals surface area contributed by atoms with E-state index in [4.69, 9.17) is 11.5 Å². The van der Waals surface area contributed by atoms with Gasteiger partial charge in [-0.25, -0.2) is 4.98 Å². The molecule has 0 saturated heterocycles. The van der Waals surface area contributed by atoms with Gasteiger partial charge < -0.3 is 16.8 Å². The lowest BCUT2D eigenvalue weighted by molar-refractivity contribution is 0.100. The highest BCUT2D eigenvalue weighted by Gasteiger charge is 2.20. The molecule has 0 aliphatic heterocycles. The predicted octanol–water partition coefficient (Wildman–Crippen LogP) is 0.975. The van der Waals surface area contributed by atoms with Crippen LogP contribution in [0.15, 0.2) is 12.3 Å². The number of pyridine rings is 1. The topological polar surface area (TPSA) is 94.0 Å². The molecule has 0 bridgehead atoms. The van der Waals surface area contributed by atoms with Crippen LogP contribution in [0.5, 0.6) is 0 Å². The van der Waals surface area contributed by atoms with Crippen molar-refractivity contribution in [2.45, 2.75) is 19.3 Å². The van der Waals surface area contributed by atoms with Crippen molar-refractivity contribution in [1.82, 2.24) is 4.98 Å². The predicted molar refractivity (Wildman–Crippen MR) is 63.0 cm³/mol. The fourth-order valence-electron chi connectivity index (χ4n) is 1.59. The van der Waals surface area contributed by atoms with Gasteiger partial charge in [0.1, 0.15) is 5.82 Å². The summed E-state index contributed by atoms with van der Waals surface area (Å²) in [6, 6.07) is 1.60. The molecule has 1 amide bonds. The van der Waals surface area contributed by atoms with Crippen molar-refractivity contribution in [3.8, 4) is 0 Å². The first-order chi connectivity index (χ1) is 7.66. The maximum Gasteiger partial charge on any atom is 0.250 e. The number of carbonyl (C=O) groups is 1. The van der Waals surface area contributed by atoms with Crippen LogP contribution in [-0.2, 0) is 0 Å². The van der Waals surface area contributed by atoms with Crippen molar-refractivity contribution in [2.24, 2.45) is 11.7 Å². The third-order valence-corrected chi connectivity index (χ3v) is 2.76. The quantitative estimate of drug-likeness (QED) is 0.689. The first-order valence-corrected chi connectivity index (χ1v) is 5.46. The minimum atomic E-state index is -0.523. The maximum absolute atomic E-state index is 11.1. The highest BCUT2D eigenvalue weighted by atomic mass is 16.1. The zero-order valence-electron chi connectivity index (χ0n) is 9.07. The number of nitrogens with two attached hydrogens (primary N) is 2. The lowest BCUT2D eigenvalue weighted by atomic mass is 10.2. The van der Waals surface area contributed by atoms with E-state index in [2.05, 4.69) is 10.3 Å². The van der Waals surface area contributed by atoms with E-state index in [0.29, 0.717) is 17.1 Å². The Hall–Kier alpha value is -1.78. The first kappa shape index (κ1) is 10.7. The van der Waals surface area contributed by atoms with Crippen LogP contribution < -0.4 is 16.8 Å². The highest BCUT2D eigenvalue weighted by molar-refractivity contribution is 5.98. The Morgan fingerprint density at radius 2 is 2.31 bits per heavy atom. The molecule has 1 aliphatic rings. The standard InChI is InChI=1S/C11H16N4O/c12-9-6-15-10(5-8(9)11(13)16)14-4-3-7-1-2-7/h5-7H,1-4,12H2,(H2,13,16)(H,14,15). The van der Waals surface area contributed by atoms with E-state index in [0.717, 1.165) is 18.9 Å². The summed E-state index contributed by atoms with van der Waals surface area (Å²) in [5, 5.41) is 3.16. The van der Waals surface area contributed by atoms with Crippen molar-refractivity contribution < 1.29 is 4.79 Å². The molecule has 5 nitrogen and oxygen atoms in total. The van der Waals surface area contributed by atoms with Crippen LogP contribution in [0.25, 0.3) is 0 Å². The SMILES string of the molecule is NC(=O)c1cc(NCCC2CC2)ncc1N. The van der Waals surface area contributed by atoms with Crippen molar-refractivity contribution in [2.75, 3.05) is 17.6 Å². The van der Waals surface area contributed by atoms with Crippen molar-refractivity contribution in [3.63, 3.8) is 0 Å². The summed E-state index contributed by atoms with van der Waals surface area (Å²) < 4.78 is 0. The van der Waals surface area contributed by atoms with Gasteiger partial charge in [0, 0.05) is 6.54 Å². The molecule has 0 atom stereocenters. The summed E-state index contributed by atoms with van der Waals surface area (Å²) in [5.41, 5.74) is 11.4. The van der Waals surface area contributed by atoms with Crippen LogP contribution in [0, 0.1) is 5.92 Å². The number of anilines is 2. The molecule has 16 heavy (non-hydrogen) atoms. The zero-order valence-corrected chi connectivity index (χ0v) is 9.07. The van der Waals surface area contributed by atoms with Gasteiger partial charge in [-0.3, -0.25) is 4.79 Å². The number of nitrogens with zero attached hydrogens (tertiary/aromatic N) is 1. The number of nitrogens with one attached hydrogen (secondary N) is 1. The molecule has 1 aromatic heterocycles. The second kappa shape index (κ2) is 4.38. The number of amides is 1. The van der Waals surface area contributed by atoms with E-state index in [1.807, 2.05) is 0 Å². The van der Waals surface area contributed by atoms with Crippen LogP contribution >= 0.6 is 0 Å². The molecule has 86 valence electrons. The average Bonchev–Trinajstić information content (AvgIpc) is 3.04. The normalized spacial score (nSPS) is 14.8. The monoisotopic (exact) mass is 220 g/mol. The van der Waals surface area contributed by atoms with E-state index in [1.54, 1.807) is 6.07 Å². The van der Waals surface area contributed by atoms with Crippen molar-refractivity contribution in [3.05, 3.63) is 17.8 Å². The van der Waals surface area contributed by atoms with Crippen molar-refractivity contribution >= 4 is 17.4 Å². The summed E-state index contributed by atoms with van der Waals surface area (Å²) in [7, 11) is 0. The fourth-order valence-corrected chi connectivity index (χ4v) is 1.59. The molecule has 2 rings (SSSR count). The Kier molecular flexibility index (Phi) is 2.94. The van der Waals surface area contributed by atoms with Gasteiger partial charge in [0.2, 0.25) is 0 Å². The molecular weight excluding hydrogens is 204 g/mol. The largest absolute Gasteiger partial charge is 0.397 e. The molecule has 0 radical (unpaired) electrons. The van der Waals surface area contributed by atoms with Crippen LogP contribution in [-0.4, -0.2) is 17.4 Å². The van der Waals surface area contributed by atoms with Gasteiger partial charge in [-0.2, -0.15) is 0 Å². The van der Waals surface area contributed by atoms with Gasteiger partial charge >= 0.3 is 0 Å². The Balaban J connectivity index is 1.97. The second-order valence-electron chi connectivity index (χ2n) is 4.18. The third-order valence-electron chi connectivity index (χ3n) is 2.76. The minimum absolute atomic E-state index is 0.320. The molecule has 1 saturated carbocycles. The van der Waals surface area contributed by atoms with E-state index in [9.17, 15) is 4.79 Å². The molecule has 5 heteroatoms. The summed E-state index contributed by atoms with van der Waals surface area (Å²) in [5.74, 6) is 1.01. The van der Waals surface area contributed by atoms with Gasteiger partial charge in [0.15, 0.2) is 0 Å². The van der Waals surface area contributed by atoms with Gasteiger partial charge in [-0.1, -0.05) is 12.8 Å². The Morgan fingerprint density at radius 1 is 1.56 bits per heavy atom. The number of hydrogen-bond acceptors (Lipinski definition) is 4. The summed E-state index contributed by atoms with van der Waals surface area (Å²) in [6.07, 6.45) is 5.28. The Labute approximate surface area is 94.2 Å². The number of aromatic nitrogens is 1. The van der Waals surface area contributed by atoms with Crippen LogP contribution in [0.2, 0.25) is 0 Å². The first-order valence-electron chi connectivity index (χ1n) is 5.46. The number of carbonyl (C=O) groups excluding carboxylic acids is 1. The maximum atomic E-state index is 11.1. The molecule has 1 fully saturated rings. The van der Waals surface area contributed by atoms with Crippen LogP contribution in [0.4, 0.5) is 11.5 Å². The highest BCUT2D eigenvalue weighted by Crippen LogP contribution is 2.32. The van der Waals surface area contributed by atoms with Crippen LogP contribution in [0.1, 0.15) is 29.6 Å². The van der Waals surface area contributed by atoms with Gasteiger partial charge in [0.25, 0.3) is 5.91 Å². The van der Waals surface area contributed by atoms with E-state index in [-0.39, 0.29) is 0 Å². The fraction of sp³-hybridized carbons (Fsp3) is 0.455. The number of primary amides is 1. The molecule has 0 aromatic carbocycles. The Morgan fingerprint density at radius 3 is 2.94 bits per heavy atom. The third kappa shape index (κ3) is 2.62. The number of hydrogen-bond donors (Lipinski definition) is 3. The van der Waals surface area contributed by atoms with E-state index in [1.165, 1.54) is 19.0 Å². The summed E-state index contributed by atoms with van der Waals surface area (Å²) >= 11 is 0. The molecule has 5 N–H and O–H groups in total. The molecule has 1 aromatic rings. The van der Waals surface area contributed by atoms with E-state index >= 15 is 0 Å². The van der Waals surface area contributed by atoms with E-state index < -0.39 is 5.91 Å². The molecule has 1 heterocycles. The summed E-state index contributed by atoms with van der Waals surface area (Å²) in [6.45, 7) is 0.875. The van der Waals surface area contributed by atoms with Gasteiger partial charge in [-0.05, 0) is 18.4 Å². The van der Waals surface area contributed by atoms with Crippen LogP contribution in [0.3, 0.4) is 0 Å². The zero-order chi connectivity index (χ0) is 11.5. The Bertz CT molecular complexity index is 401. The number of nitrogen functional groups attached to an aromatic ring is 1. The lowest BCUT2D eigenvalue weighted by Crippen LogP contribution is -2.15. The van der Waals surface area contributed by atoms with Crippen molar-refractivity contribution in [1.29, 1.82) is 0 Å². The summed E-state index contributed by atoms with van der Waals surface area (Å²) in [4.78, 5) is 15.1. The second-order valence-corrected chi connectivity index (χ2v) is 4.18. The smallest absolute Gasteiger partial charge is 0.250 e.